The molecular formula is C13H22N2O3S2. The van der Waals surface area contributed by atoms with E-state index < -0.39 is 10.0 Å². The Morgan fingerprint density at radius 1 is 1.45 bits per heavy atom. The van der Waals surface area contributed by atoms with E-state index >= 15 is 0 Å². The number of sulfonamides is 1. The summed E-state index contributed by atoms with van der Waals surface area (Å²) in [5.41, 5.74) is 0.727. The molecule has 0 bridgehead atoms. The fraction of sp³-hybridized carbons (Fsp3) is 0.692. The molecule has 20 heavy (non-hydrogen) atoms. The molecular weight excluding hydrogens is 296 g/mol. The van der Waals surface area contributed by atoms with Gasteiger partial charge in [0.05, 0.1) is 11.5 Å². The second-order valence-corrected chi connectivity index (χ2v) is 8.01. The normalized spacial score (nSPS) is 22.3. The highest BCUT2D eigenvalue weighted by molar-refractivity contribution is 7.89. The Morgan fingerprint density at radius 2 is 2.15 bits per heavy atom. The van der Waals surface area contributed by atoms with Crippen LogP contribution in [0.1, 0.15) is 24.3 Å². The molecule has 1 saturated heterocycles. The topological polar surface area (TPSA) is 60.9 Å². The third-order valence-corrected chi connectivity index (χ3v) is 7.18. The van der Waals surface area contributed by atoms with E-state index in [1.165, 1.54) is 11.3 Å². The zero-order valence-corrected chi connectivity index (χ0v) is 13.8. The molecule has 114 valence electrons. The van der Waals surface area contributed by atoms with Gasteiger partial charge in [-0.25, -0.2) is 8.42 Å². The molecule has 0 saturated carbocycles. The zero-order chi connectivity index (χ0) is 14.9. The average Bonchev–Trinajstić information content (AvgIpc) is 2.80. The van der Waals surface area contributed by atoms with Crippen molar-refractivity contribution in [3.8, 4) is 0 Å². The van der Waals surface area contributed by atoms with Crippen molar-refractivity contribution in [3.63, 3.8) is 0 Å². The zero-order valence-electron chi connectivity index (χ0n) is 12.2. The number of nitrogens with zero attached hydrogens (tertiary/aromatic N) is 2. The number of rotatable bonds is 4. The van der Waals surface area contributed by atoms with Crippen LogP contribution in [0.3, 0.4) is 0 Å². The van der Waals surface area contributed by atoms with Gasteiger partial charge >= 0.3 is 0 Å². The lowest BCUT2D eigenvalue weighted by Gasteiger charge is -2.38. The van der Waals surface area contributed by atoms with Crippen LogP contribution in [0, 0.1) is 6.92 Å². The Labute approximate surface area is 124 Å². The van der Waals surface area contributed by atoms with Crippen LogP contribution in [-0.4, -0.2) is 55.0 Å². The molecule has 1 atom stereocenters. The van der Waals surface area contributed by atoms with Crippen LogP contribution in [-0.2, 0) is 16.6 Å². The summed E-state index contributed by atoms with van der Waals surface area (Å²) in [6, 6.07) is 0.222. The summed E-state index contributed by atoms with van der Waals surface area (Å²) in [5.74, 6) is 0. The molecule has 0 aromatic carbocycles. The van der Waals surface area contributed by atoms with Crippen LogP contribution in [0.2, 0.25) is 0 Å². The summed E-state index contributed by atoms with van der Waals surface area (Å²) in [5, 5.41) is 11.1. The molecule has 1 aliphatic rings. The molecule has 1 aromatic rings. The van der Waals surface area contributed by atoms with Crippen LogP contribution >= 0.6 is 11.3 Å². The lowest BCUT2D eigenvalue weighted by molar-refractivity contribution is 0.135. The summed E-state index contributed by atoms with van der Waals surface area (Å²) < 4.78 is 27.1. The van der Waals surface area contributed by atoms with Crippen LogP contribution in [0.5, 0.6) is 0 Å². The molecule has 1 aliphatic heterocycles. The fourth-order valence-electron chi connectivity index (χ4n) is 2.72. The molecule has 2 heterocycles. The minimum atomic E-state index is -3.50. The smallest absolute Gasteiger partial charge is 0.244 e. The van der Waals surface area contributed by atoms with Crippen molar-refractivity contribution in [2.24, 2.45) is 0 Å². The minimum absolute atomic E-state index is 0.222. The Morgan fingerprint density at radius 3 is 2.70 bits per heavy atom. The van der Waals surface area contributed by atoms with E-state index in [4.69, 9.17) is 0 Å². The first-order valence-electron chi connectivity index (χ1n) is 6.83. The molecule has 0 aliphatic carbocycles. The lowest BCUT2D eigenvalue weighted by atomic mass is 10.2. The Balaban J connectivity index is 2.30. The van der Waals surface area contributed by atoms with Gasteiger partial charge in [-0.2, -0.15) is 4.31 Å². The van der Waals surface area contributed by atoms with E-state index in [1.807, 2.05) is 0 Å². The van der Waals surface area contributed by atoms with E-state index in [2.05, 4.69) is 18.7 Å². The van der Waals surface area contributed by atoms with Gasteiger partial charge in [-0.05, 0) is 31.3 Å². The number of aliphatic hydroxyl groups is 1. The van der Waals surface area contributed by atoms with Crippen molar-refractivity contribution in [2.45, 2.75) is 38.3 Å². The van der Waals surface area contributed by atoms with Gasteiger partial charge in [0.2, 0.25) is 10.0 Å². The summed E-state index contributed by atoms with van der Waals surface area (Å²) >= 11 is 1.31. The van der Waals surface area contributed by atoms with Gasteiger partial charge in [0.25, 0.3) is 0 Å². The van der Waals surface area contributed by atoms with E-state index in [9.17, 15) is 13.5 Å². The van der Waals surface area contributed by atoms with Crippen molar-refractivity contribution in [1.82, 2.24) is 9.21 Å². The Kier molecular flexibility index (Phi) is 4.86. The number of piperazine rings is 1. The van der Waals surface area contributed by atoms with Crippen molar-refractivity contribution >= 4 is 21.4 Å². The molecule has 5 nitrogen and oxygen atoms in total. The molecule has 0 radical (unpaired) electrons. The van der Waals surface area contributed by atoms with E-state index in [0.717, 1.165) is 18.7 Å². The van der Waals surface area contributed by atoms with E-state index in [0.29, 0.717) is 22.9 Å². The first-order valence-corrected chi connectivity index (χ1v) is 9.15. The van der Waals surface area contributed by atoms with Gasteiger partial charge in [-0.3, -0.25) is 4.90 Å². The maximum Gasteiger partial charge on any atom is 0.244 e. The third kappa shape index (κ3) is 2.78. The van der Waals surface area contributed by atoms with Crippen LogP contribution in [0.15, 0.2) is 10.3 Å². The summed E-state index contributed by atoms with van der Waals surface area (Å²) in [6.07, 6.45) is 0. The van der Waals surface area contributed by atoms with Crippen LogP contribution in [0.4, 0.5) is 0 Å². The lowest BCUT2D eigenvalue weighted by Crippen LogP contribution is -2.53. The molecule has 0 amide bonds. The molecule has 1 N–H and O–H groups in total. The van der Waals surface area contributed by atoms with Gasteiger partial charge < -0.3 is 5.11 Å². The van der Waals surface area contributed by atoms with Gasteiger partial charge in [0.1, 0.15) is 4.90 Å². The standard InChI is InChI=1S/C13H22N2O3S2/c1-4-14-5-6-15(7-11(14)3)20(17,18)13-10(2)9-19-12(13)8-16/h9,11,16H,4-8H2,1-3H3. The van der Waals surface area contributed by atoms with Crippen molar-refractivity contribution in [3.05, 3.63) is 15.8 Å². The Hall–Kier alpha value is -0.470. The number of aryl methyl sites for hydroxylation is 1. The van der Waals surface area contributed by atoms with Gasteiger partial charge in [-0.15, -0.1) is 11.3 Å². The van der Waals surface area contributed by atoms with Crippen LogP contribution in [0.25, 0.3) is 0 Å². The number of thiophene rings is 1. The second-order valence-electron chi connectivity index (χ2n) is 5.17. The van der Waals surface area contributed by atoms with E-state index in [-0.39, 0.29) is 12.6 Å². The number of likely N-dealkylation sites (N-methyl/N-ethyl adjacent to an activating group) is 1. The SMILES string of the molecule is CCN1CCN(S(=O)(=O)c2c(C)csc2CO)CC1C. The minimum Gasteiger partial charge on any atom is -0.391 e. The highest BCUT2D eigenvalue weighted by Gasteiger charge is 2.34. The molecule has 2 rings (SSSR count). The number of hydrogen-bond acceptors (Lipinski definition) is 5. The maximum atomic E-state index is 12.8. The third-order valence-electron chi connectivity index (χ3n) is 3.86. The molecule has 1 unspecified atom stereocenters. The van der Waals surface area contributed by atoms with Gasteiger partial charge in [0.15, 0.2) is 0 Å². The second kappa shape index (κ2) is 6.11. The van der Waals surface area contributed by atoms with E-state index in [1.54, 1.807) is 16.6 Å². The van der Waals surface area contributed by atoms with Gasteiger partial charge in [0, 0.05) is 25.7 Å². The van der Waals surface area contributed by atoms with Gasteiger partial charge in [-0.1, -0.05) is 6.92 Å². The van der Waals surface area contributed by atoms with Crippen LogP contribution < -0.4 is 0 Å². The predicted molar refractivity (Wildman–Crippen MR) is 80.4 cm³/mol. The number of hydrogen-bond donors (Lipinski definition) is 1. The number of aliphatic hydroxyl groups excluding tert-OH is 1. The molecule has 7 heteroatoms. The Bertz CT molecular complexity index is 568. The van der Waals surface area contributed by atoms with Crippen molar-refractivity contribution in [2.75, 3.05) is 26.2 Å². The largest absolute Gasteiger partial charge is 0.391 e. The quantitative estimate of drug-likeness (QED) is 0.908. The predicted octanol–water partition coefficient (Wildman–Crippen LogP) is 1.26. The molecule has 0 spiro atoms. The maximum absolute atomic E-state index is 12.8. The fourth-order valence-corrected chi connectivity index (χ4v) is 5.85. The first kappa shape index (κ1) is 15.9. The first-order chi connectivity index (χ1) is 9.41. The molecule has 1 fully saturated rings. The highest BCUT2D eigenvalue weighted by atomic mass is 32.2. The molecule has 1 aromatic heterocycles. The summed E-state index contributed by atoms with van der Waals surface area (Å²) in [6.45, 7) is 8.43. The summed E-state index contributed by atoms with van der Waals surface area (Å²) in [7, 11) is -3.50. The summed E-state index contributed by atoms with van der Waals surface area (Å²) in [4.78, 5) is 3.12. The average molecular weight is 318 g/mol. The van der Waals surface area contributed by atoms with Crippen molar-refractivity contribution in [1.29, 1.82) is 0 Å². The monoisotopic (exact) mass is 318 g/mol. The highest BCUT2D eigenvalue weighted by Crippen LogP contribution is 2.30. The van der Waals surface area contributed by atoms with Crippen molar-refractivity contribution < 1.29 is 13.5 Å².